The normalized spacial score (nSPS) is 10.4. The van der Waals surface area contributed by atoms with Gasteiger partial charge in [0.05, 0.1) is 6.61 Å². The van der Waals surface area contributed by atoms with Crippen molar-refractivity contribution in [1.82, 2.24) is 0 Å². The summed E-state index contributed by atoms with van der Waals surface area (Å²) in [5.74, 6) is -2.42. The van der Waals surface area contributed by atoms with E-state index in [1.54, 1.807) is 43.3 Å². The fraction of sp³-hybridized carbons (Fsp3) is 0.136. The largest absolute Gasteiger partial charge is 0.507 e. The van der Waals surface area contributed by atoms with Gasteiger partial charge in [-0.15, -0.1) is 11.3 Å². The number of esters is 2. The van der Waals surface area contributed by atoms with E-state index in [1.807, 2.05) is 6.07 Å². The number of carbonyl (C=O) groups excluding carboxylic acids is 3. The van der Waals surface area contributed by atoms with E-state index in [2.05, 4.69) is 5.32 Å². The number of hydrogen-bond donors (Lipinski definition) is 2. The summed E-state index contributed by atoms with van der Waals surface area (Å²) in [4.78, 5) is 37.1. The van der Waals surface area contributed by atoms with Gasteiger partial charge in [0.1, 0.15) is 26.2 Å². The van der Waals surface area contributed by atoms with Crippen molar-refractivity contribution in [2.75, 3.05) is 18.5 Å². The maximum Gasteiger partial charge on any atom is 0.342 e. The number of hydrogen-bond acceptors (Lipinski definition) is 7. The maximum atomic E-state index is 12.6. The van der Waals surface area contributed by atoms with E-state index >= 15 is 0 Å². The Bertz CT molecular complexity index is 1110. The van der Waals surface area contributed by atoms with Gasteiger partial charge in [0, 0.05) is 5.56 Å². The number of halogens is 1. The Hall–Kier alpha value is -3.36. The van der Waals surface area contributed by atoms with Crippen molar-refractivity contribution in [3.8, 4) is 16.9 Å². The van der Waals surface area contributed by atoms with E-state index in [9.17, 15) is 19.5 Å². The highest BCUT2D eigenvalue weighted by Crippen LogP contribution is 2.43. The first kappa shape index (κ1) is 22.3. The first-order valence-electron chi connectivity index (χ1n) is 9.22. The van der Waals surface area contributed by atoms with Gasteiger partial charge in [-0.2, -0.15) is 0 Å². The molecule has 1 aromatic heterocycles. The Kier molecular flexibility index (Phi) is 7.28. The van der Waals surface area contributed by atoms with Crippen molar-refractivity contribution in [2.45, 2.75) is 6.92 Å². The minimum Gasteiger partial charge on any atom is -0.507 e. The van der Waals surface area contributed by atoms with E-state index in [4.69, 9.17) is 21.1 Å². The molecule has 3 rings (SSSR count). The number of thiophene rings is 1. The Balaban J connectivity index is 1.80. The molecule has 2 N–H and O–H groups in total. The molecule has 31 heavy (non-hydrogen) atoms. The number of nitrogens with one attached hydrogen (secondary N) is 1. The van der Waals surface area contributed by atoms with Crippen molar-refractivity contribution in [3.05, 3.63) is 70.1 Å². The minimum atomic E-state index is -0.854. The lowest BCUT2D eigenvalue weighted by Crippen LogP contribution is -2.21. The molecule has 0 spiro atoms. The van der Waals surface area contributed by atoms with Crippen LogP contribution in [0.1, 0.15) is 27.6 Å². The first-order chi connectivity index (χ1) is 14.9. The van der Waals surface area contributed by atoms with Crippen LogP contribution in [-0.2, 0) is 14.3 Å². The van der Waals surface area contributed by atoms with E-state index in [-0.39, 0.29) is 28.5 Å². The number of para-hydroxylation sites is 1. The molecule has 0 aliphatic carbocycles. The molecule has 0 unspecified atom stereocenters. The molecular weight excluding hydrogens is 442 g/mol. The second-order valence-electron chi connectivity index (χ2n) is 6.18. The van der Waals surface area contributed by atoms with Gasteiger partial charge in [-0.1, -0.05) is 54.1 Å². The van der Waals surface area contributed by atoms with Crippen LogP contribution in [0.5, 0.6) is 5.75 Å². The van der Waals surface area contributed by atoms with Crippen LogP contribution in [0.4, 0.5) is 5.00 Å². The van der Waals surface area contributed by atoms with Crippen LogP contribution in [0.2, 0.25) is 4.34 Å². The summed E-state index contributed by atoms with van der Waals surface area (Å²) < 4.78 is 10.4. The van der Waals surface area contributed by atoms with Gasteiger partial charge in [-0.25, -0.2) is 9.59 Å². The monoisotopic (exact) mass is 459 g/mol. The maximum absolute atomic E-state index is 12.6. The minimum absolute atomic E-state index is 0.0620. The molecule has 0 aliphatic rings. The predicted octanol–water partition coefficient (Wildman–Crippen LogP) is 4.75. The molecule has 3 aromatic rings. The lowest BCUT2D eigenvalue weighted by molar-refractivity contribution is -0.119. The predicted molar refractivity (Wildman–Crippen MR) is 118 cm³/mol. The quantitative estimate of drug-likeness (QED) is 0.494. The molecule has 0 atom stereocenters. The van der Waals surface area contributed by atoms with Crippen LogP contribution >= 0.6 is 22.9 Å². The molecule has 160 valence electrons. The third kappa shape index (κ3) is 5.22. The Morgan fingerprint density at radius 1 is 1.00 bits per heavy atom. The Morgan fingerprint density at radius 2 is 1.68 bits per heavy atom. The van der Waals surface area contributed by atoms with Crippen LogP contribution in [0.3, 0.4) is 0 Å². The smallest absolute Gasteiger partial charge is 0.342 e. The zero-order chi connectivity index (χ0) is 22.4. The van der Waals surface area contributed by atoms with Crippen LogP contribution in [-0.4, -0.2) is 36.2 Å². The summed E-state index contributed by atoms with van der Waals surface area (Å²) in [6, 6.07) is 14.8. The van der Waals surface area contributed by atoms with Gasteiger partial charge in [0.2, 0.25) is 0 Å². The van der Waals surface area contributed by atoms with E-state index in [0.717, 1.165) is 11.3 Å². The second kappa shape index (κ2) is 10.1. The van der Waals surface area contributed by atoms with E-state index in [1.165, 1.54) is 12.1 Å². The number of amides is 1. The molecule has 0 aliphatic heterocycles. The zero-order valence-electron chi connectivity index (χ0n) is 16.4. The molecule has 1 heterocycles. The molecular formula is C22H18ClNO6S. The van der Waals surface area contributed by atoms with Crippen LogP contribution in [0.25, 0.3) is 11.1 Å². The standard InChI is InChI=1S/C22H18ClNO6S/c1-2-29-22(28)18-17(13-8-4-3-5-9-13)19(23)31-20(18)24-16(26)12-30-21(27)14-10-6-7-11-15(14)25/h3-11,25H,2,12H2,1H3,(H,24,26). The van der Waals surface area contributed by atoms with Crippen molar-refractivity contribution < 1.29 is 29.0 Å². The van der Waals surface area contributed by atoms with E-state index < -0.39 is 24.5 Å². The lowest BCUT2D eigenvalue weighted by atomic mass is 10.0. The number of phenols is 1. The molecule has 0 saturated heterocycles. The molecule has 0 fully saturated rings. The Labute approximate surface area is 187 Å². The van der Waals surface area contributed by atoms with Crippen LogP contribution in [0.15, 0.2) is 54.6 Å². The first-order valence-corrected chi connectivity index (χ1v) is 10.4. The van der Waals surface area contributed by atoms with Crippen molar-refractivity contribution in [3.63, 3.8) is 0 Å². The summed E-state index contributed by atoms with van der Waals surface area (Å²) in [6.07, 6.45) is 0. The van der Waals surface area contributed by atoms with Crippen LogP contribution < -0.4 is 5.32 Å². The van der Waals surface area contributed by atoms with Crippen LogP contribution in [0, 0.1) is 0 Å². The molecule has 0 radical (unpaired) electrons. The van der Waals surface area contributed by atoms with Gasteiger partial charge in [0.25, 0.3) is 5.91 Å². The van der Waals surface area contributed by atoms with Gasteiger partial charge in [-0.3, -0.25) is 4.79 Å². The van der Waals surface area contributed by atoms with Gasteiger partial charge < -0.3 is 19.9 Å². The van der Waals surface area contributed by atoms with Gasteiger partial charge in [0.15, 0.2) is 6.61 Å². The van der Waals surface area contributed by atoms with Crippen molar-refractivity contribution in [2.24, 2.45) is 0 Å². The summed E-state index contributed by atoms with van der Waals surface area (Å²) in [7, 11) is 0. The topological polar surface area (TPSA) is 102 Å². The third-order valence-corrected chi connectivity index (χ3v) is 5.43. The lowest BCUT2D eigenvalue weighted by Gasteiger charge is -2.09. The highest BCUT2D eigenvalue weighted by atomic mass is 35.5. The average Bonchev–Trinajstić information content (AvgIpc) is 3.08. The molecule has 0 saturated carbocycles. The number of phenolic OH excluding ortho intramolecular Hbond substituents is 1. The summed E-state index contributed by atoms with van der Waals surface area (Å²) in [5, 5.41) is 12.4. The fourth-order valence-electron chi connectivity index (χ4n) is 2.77. The number of carbonyl (C=O) groups is 3. The van der Waals surface area contributed by atoms with Gasteiger partial charge >= 0.3 is 11.9 Å². The average molecular weight is 460 g/mol. The number of benzene rings is 2. The SMILES string of the molecule is CCOC(=O)c1c(NC(=O)COC(=O)c2ccccc2O)sc(Cl)c1-c1ccccc1. The molecule has 1 amide bonds. The molecule has 9 heteroatoms. The summed E-state index contributed by atoms with van der Waals surface area (Å²) >= 11 is 7.39. The third-order valence-electron chi connectivity index (χ3n) is 4.12. The number of anilines is 1. The highest BCUT2D eigenvalue weighted by Gasteiger charge is 2.26. The number of aromatic hydroxyl groups is 1. The zero-order valence-corrected chi connectivity index (χ0v) is 18.0. The molecule has 2 aromatic carbocycles. The van der Waals surface area contributed by atoms with Gasteiger partial charge in [-0.05, 0) is 24.6 Å². The van der Waals surface area contributed by atoms with Crippen molar-refractivity contribution >= 4 is 45.8 Å². The molecule has 7 nitrogen and oxygen atoms in total. The van der Waals surface area contributed by atoms with Crippen molar-refractivity contribution in [1.29, 1.82) is 0 Å². The second-order valence-corrected chi connectivity index (χ2v) is 7.81. The van der Waals surface area contributed by atoms with E-state index in [0.29, 0.717) is 15.5 Å². The Morgan fingerprint density at radius 3 is 2.35 bits per heavy atom. The highest BCUT2D eigenvalue weighted by molar-refractivity contribution is 7.21. The molecule has 0 bridgehead atoms. The fourth-order valence-corrected chi connectivity index (χ4v) is 4.16. The summed E-state index contributed by atoms with van der Waals surface area (Å²) in [6.45, 7) is 1.20. The summed E-state index contributed by atoms with van der Waals surface area (Å²) in [5.41, 5.74) is 1.21. The number of rotatable bonds is 7. The number of ether oxygens (including phenoxy) is 2.